The molecule has 29 heavy (non-hydrogen) atoms. The van der Waals surface area contributed by atoms with Crippen LogP contribution < -0.4 is 19.1 Å². The first-order valence-corrected chi connectivity index (χ1v) is 10.9. The number of nitrogens with one attached hydrogen (secondary N) is 1. The van der Waals surface area contributed by atoms with Crippen molar-refractivity contribution in [3.8, 4) is 11.5 Å². The summed E-state index contributed by atoms with van der Waals surface area (Å²) in [6.45, 7) is 5.63. The number of ether oxygens (including phenoxy) is 2. The predicted molar refractivity (Wildman–Crippen MR) is 114 cm³/mol. The smallest absolute Gasteiger partial charge is 0.253 e. The van der Waals surface area contributed by atoms with Crippen molar-refractivity contribution in [3.63, 3.8) is 0 Å². The molecule has 0 bridgehead atoms. The molecule has 0 saturated heterocycles. The molecule has 0 heterocycles. The Morgan fingerprint density at radius 3 is 2.07 bits per heavy atom. The minimum absolute atomic E-state index is 0.0744. The maximum absolute atomic E-state index is 13.0. The van der Waals surface area contributed by atoms with Gasteiger partial charge in [-0.05, 0) is 32.4 Å². The van der Waals surface area contributed by atoms with Crippen molar-refractivity contribution in [2.45, 2.75) is 32.9 Å². The van der Waals surface area contributed by atoms with Crippen LogP contribution in [-0.4, -0.2) is 40.3 Å². The topological polar surface area (TPSA) is 84.9 Å². The molecule has 2 aromatic carbocycles. The number of hydrogen-bond donors (Lipinski definition) is 1. The van der Waals surface area contributed by atoms with Gasteiger partial charge in [0.15, 0.2) is 11.5 Å². The van der Waals surface area contributed by atoms with E-state index < -0.39 is 21.5 Å². The van der Waals surface area contributed by atoms with Crippen molar-refractivity contribution in [3.05, 3.63) is 53.6 Å². The highest BCUT2D eigenvalue weighted by atomic mass is 32.2. The van der Waals surface area contributed by atoms with E-state index >= 15 is 0 Å². The van der Waals surface area contributed by atoms with Gasteiger partial charge in [-0.3, -0.25) is 9.10 Å². The summed E-state index contributed by atoms with van der Waals surface area (Å²) in [6.07, 6.45) is 1.11. The maximum Gasteiger partial charge on any atom is 0.253 e. The number of hydrogen-bond acceptors (Lipinski definition) is 5. The molecular weight excluding hydrogens is 392 g/mol. The molecule has 158 valence electrons. The standard InChI is InChI=1S/C21H28N2O5S/c1-21(2,3)22-20(24)16-12-18(27-4)19(28-5)13-17(16)23(29(6,25)26)14-15-10-8-7-9-11-15/h7-13H,14H2,1-6H3,(H,22,24). The van der Waals surface area contributed by atoms with E-state index in [1.165, 1.54) is 30.7 Å². The van der Waals surface area contributed by atoms with E-state index in [2.05, 4.69) is 5.32 Å². The first-order valence-electron chi connectivity index (χ1n) is 9.06. The van der Waals surface area contributed by atoms with Gasteiger partial charge in [-0.1, -0.05) is 30.3 Å². The third kappa shape index (κ3) is 5.87. The molecule has 0 aliphatic rings. The zero-order valence-electron chi connectivity index (χ0n) is 17.6. The van der Waals surface area contributed by atoms with Crippen LogP contribution in [0.25, 0.3) is 0 Å². The number of sulfonamides is 1. The number of amides is 1. The lowest BCUT2D eigenvalue weighted by atomic mass is 10.1. The molecule has 0 aliphatic carbocycles. The Morgan fingerprint density at radius 2 is 1.59 bits per heavy atom. The van der Waals surface area contributed by atoms with E-state index in [9.17, 15) is 13.2 Å². The number of anilines is 1. The number of nitrogens with zero attached hydrogens (tertiary/aromatic N) is 1. The fraction of sp³-hybridized carbons (Fsp3) is 0.381. The number of rotatable bonds is 7. The summed E-state index contributed by atoms with van der Waals surface area (Å²) in [5.74, 6) is 0.259. The number of carbonyl (C=O) groups is 1. The predicted octanol–water partition coefficient (Wildman–Crippen LogP) is 3.20. The second-order valence-corrected chi connectivity index (χ2v) is 9.59. The lowest BCUT2D eigenvalue weighted by Gasteiger charge is -2.27. The third-order valence-electron chi connectivity index (χ3n) is 4.07. The highest BCUT2D eigenvalue weighted by Gasteiger charge is 2.28. The summed E-state index contributed by atoms with van der Waals surface area (Å²) >= 11 is 0. The molecule has 2 rings (SSSR count). The minimum atomic E-state index is -3.70. The van der Waals surface area contributed by atoms with Crippen LogP contribution in [0, 0.1) is 0 Å². The summed E-state index contributed by atoms with van der Waals surface area (Å²) in [5, 5.41) is 2.88. The van der Waals surface area contributed by atoms with E-state index in [1.54, 1.807) is 0 Å². The van der Waals surface area contributed by atoms with Crippen molar-refractivity contribution in [2.24, 2.45) is 0 Å². The van der Waals surface area contributed by atoms with Crippen molar-refractivity contribution in [2.75, 3.05) is 24.8 Å². The van der Waals surface area contributed by atoms with Gasteiger partial charge >= 0.3 is 0 Å². The normalized spacial score (nSPS) is 11.7. The monoisotopic (exact) mass is 420 g/mol. The summed E-state index contributed by atoms with van der Waals surface area (Å²) in [4.78, 5) is 13.0. The summed E-state index contributed by atoms with van der Waals surface area (Å²) in [6, 6.07) is 12.2. The molecule has 7 nitrogen and oxygen atoms in total. The molecule has 2 aromatic rings. The second-order valence-electron chi connectivity index (χ2n) is 7.68. The van der Waals surface area contributed by atoms with Crippen LogP contribution in [0.1, 0.15) is 36.7 Å². The number of methoxy groups -OCH3 is 2. The molecule has 1 N–H and O–H groups in total. The van der Waals surface area contributed by atoms with Gasteiger partial charge in [0.25, 0.3) is 5.91 Å². The van der Waals surface area contributed by atoms with Gasteiger partial charge in [-0.2, -0.15) is 0 Å². The Bertz CT molecular complexity index is 967. The lowest BCUT2D eigenvalue weighted by Crippen LogP contribution is -2.41. The van der Waals surface area contributed by atoms with Gasteiger partial charge in [0.2, 0.25) is 10.0 Å². The Balaban J connectivity index is 2.68. The fourth-order valence-electron chi connectivity index (χ4n) is 2.79. The van der Waals surface area contributed by atoms with Crippen LogP contribution >= 0.6 is 0 Å². The third-order valence-corrected chi connectivity index (χ3v) is 5.20. The SMILES string of the molecule is COc1cc(C(=O)NC(C)(C)C)c(N(Cc2ccccc2)S(C)(=O)=O)cc1OC. The Kier molecular flexibility index (Phi) is 6.79. The highest BCUT2D eigenvalue weighted by Crippen LogP contribution is 2.37. The minimum Gasteiger partial charge on any atom is -0.493 e. The number of benzene rings is 2. The van der Waals surface area contributed by atoms with Crippen LogP contribution in [0.3, 0.4) is 0 Å². The molecule has 0 aliphatic heterocycles. The van der Waals surface area contributed by atoms with Crippen LogP contribution in [0.2, 0.25) is 0 Å². The van der Waals surface area contributed by atoms with Crippen LogP contribution in [0.4, 0.5) is 5.69 Å². The van der Waals surface area contributed by atoms with Gasteiger partial charge in [0.05, 0.1) is 38.3 Å². The van der Waals surface area contributed by atoms with E-state index in [-0.39, 0.29) is 17.8 Å². The van der Waals surface area contributed by atoms with Crippen molar-refractivity contribution >= 4 is 21.6 Å². The largest absolute Gasteiger partial charge is 0.493 e. The maximum atomic E-state index is 13.0. The summed E-state index contributed by atoms with van der Waals surface area (Å²) < 4.78 is 37.2. The quantitative estimate of drug-likeness (QED) is 0.744. The molecule has 0 unspecified atom stereocenters. The molecule has 8 heteroatoms. The van der Waals surface area contributed by atoms with Gasteiger partial charge in [0.1, 0.15) is 0 Å². The zero-order chi connectivity index (χ0) is 21.8. The van der Waals surface area contributed by atoms with Crippen LogP contribution in [0.15, 0.2) is 42.5 Å². The van der Waals surface area contributed by atoms with E-state index in [0.717, 1.165) is 11.8 Å². The Labute approximate surface area is 172 Å². The molecule has 0 fully saturated rings. The summed E-state index contributed by atoms with van der Waals surface area (Å²) in [7, 11) is -0.787. The van der Waals surface area contributed by atoms with Gasteiger partial charge in [-0.15, -0.1) is 0 Å². The Hall–Kier alpha value is -2.74. The average molecular weight is 421 g/mol. The lowest BCUT2D eigenvalue weighted by molar-refractivity contribution is 0.0920. The molecule has 1 amide bonds. The average Bonchev–Trinajstić information content (AvgIpc) is 2.63. The van der Waals surface area contributed by atoms with Crippen LogP contribution in [-0.2, 0) is 16.6 Å². The van der Waals surface area contributed by atoms with E-state index in [0.29, 0.717) is 11.5 Å². The fourth-order valence-corrected chi connectivity index (χ4v) is 3.69. The summed E-state index contributed by atoms with van der Waals surface area (Å²) in [5.41, 5.74) is 0.682. The molecule has 0 radical (unpaired) electrons. The molecule has 0 saturated carbocycles. The van der Waals surface area contributed by atoms with Crippen molar-refractivity contribution in [1.82, 2.24) is 5.32 Å². The Morgan fingerprint density at radius 1 is 1.03 bits per heavy atom. The second kappa shape index (κ2) is 8.73. The van der Waals surface area contributed by atoms with Gasteiger partial charge in [0, 0.05) is 11.6 Å². The van der Waals surface area contributed by atoms with E-state index in [4.69, 9.17) is 9.47 Å². The van der Waals surface area contributed by atoms with E-state index in [1.807, 2.05) is 51.1 Å². The van der Waals surface area contributed by atoms with Crippen molar-refractivity contribution in [1.29, 1.82) is 0 Å². The molecule has 0 atom stereocenters. The van der Waals surface area contributed by atoms with Gasteiger partial charge < -0.3 is 14.8 Å². The van der Waals surface area contributed by atoms with Crippen molar-refractivity contribution < 1.29 is 22.7 Å². The first-order chi connectivity index (χ1) is 13.5. The highest BCUT2D eigenvalue weighted by molar-refractivity contribution is 7.92. The number of carbonyl (C=O) groups excluding carboxylic acids is 1. The molecular formula is C21H28N2O5S. The first kappa shape index (κ1) is 22.5. The van der Waals surface area contributed by atoms with Gasteiger partial charge in [-0.25, -0.2) is 8.42 Å². The van der Waals surface area contributed by atoms with Crippen LogP contribution in [0.5, 0.6) is 11.5 Å². The molecule has 0 aromatic heterocycles. The molecule has 0 spiro atoms. The zero-order valence-corrected chi connectivity index (χ0v) is 18.5.